The number of carbonyl (C=O) groups is 2. The first-order chi connectivity index (χ1) is 14.1. The van der Waals surface area contributed by atoms with Gasteiger partial charge in [-0.25, -0.2) is 0 Å². The number of carboxylic acid groups (broad SMARTS) is 1. The molecule has 164 valence electrons. The Bertz CT molecular complexity index is 832. The minimum absolute atomic E-state index is 0.0524. The molecule has 1 spiro atoms. The molecule has 3 fully saturated rings. The van der Waals surface area contributed by atoms with Crippen molar-refractivity contribution in [2.75, 3.05) is 44.7 Å². The monoisotopic (exact) mass is 425 g/mol. The fourth-order valence-corrected chi connectivity index (χ4v) is 4.95. The number of anilines is 1. The van der Waals surface area contributed by atoms with E-state index in [9.17, 15) is 27.9 Å². The topological polar surface area (TPSA) is 64.1 Å². The zero-order chi connectivity index (χ0) is 21.7. The van der Waals surface area contributed by atoms with Gasteiger partial charge in [0.15, 0.2) is 0 Å². The maximum atomic E-state index is 13.2. The Kier molecular flexibility index (Phi) is 5.20. The van der Waals surface area contributed by atoms with Gasteiger partial charge in [-0.2, -0.15) is 13.2 Å². The number of carboxylic acids is 1. The van der Waals surface area contributed by atoms with Crippen molar-refractivity contribution in [2.24, 2.45) is 11.3 Å². The van der Waals surface area contributed by atoms with Gasteiger partial charge in [0.1, 0.15) is 6.04 Å². The van der Waals surface area contributed by atoms with Crippen molar-refractivity contribution in [1.29, 1.82) is 0 Å². The van der Waals surface area contributed by atoms with Crippen LogP contribution in [0.3, 0.4) is 0 Å². The van der Waals surface area contributed by atoms with Crippen LogP contribution in [0.15, 0.2) is 24.3 Å². The molecule has 2 heterocycles. The summed E-state index contributed by atoms with van der Waals surface area (Å²) in [6, 6.07) is 4.51. The van der Waals surface area contributed by atoms with E-state index < -0.39 is 29.7 Å². The molecule has 9 heteroatoms. The lowest BCUT2D eigenvalue weighted by atomic mass is 9.80. The summed E-state index contributed by atoms with van der Waals surface area (Å²) in [6.45, 7) is 2.27. The molecule has 2 aliphatic heterocycles. The van der Waals surface area contributed by atoms with E-state index in [4.69, 9.17) is 0 Å². The van der Waals surface area contributed by atoms with Crippen LogP contribution >= 0.6 is 0 Å². The number of benzene rings is 1. The minimum Gasteiger partial charge on any atom is -0.481 e. The van der Waals surface area contributed by atoms with Crippen LogP contribution in [0.25, 0.3) is 0 Å². The number of likely N-dealkylation sites (tertiary alicyclic amines) is 1. The summed E-state index contributed by atoms with van der Waals surface area (Å²) in [7, 11) is 1.82. The van der Waals surface area contributed by atoms with Gasteiger partial charge < -0.3 is 14.9 Å². The molecule has 1 aromatic carbocycles. The Hall–Kier alpha value is -2.29. The van der Waals surface area contributed by atoms with Crippen LogP contribution in [0.4, 0.5) is 18.9 Å². The number of alkyl halides is 3. The summed E-state index contributed by atoms with van der Waals surface area (Å²) in [5.74, 6) is -1.85. The first kappa shape index (κ1) is 21.0. The van der Waals surface area contributed by atoms with E-state index in [2.05, 4.69) is 0 Å². The van der Waals surface area contributed by atoms with Gasteiger partial charge >= 0.3 is 12.1 Å². The van der Waals surface area contributed by atoms with Crippen LogP contribution in [0, 0.1) is 11.3 Å². The second kappa shape index (κ2) is 7.44. The second-order valence-electron chi connectivity index (χ2n) is 8.87. The SMILES string of the molecule is CN1CC2(CC2)CC(C(=O)O)C1C(=O)N1CCN(c2cccc(C(F)(F)F)c2)CC1. The summed E-state index contributed by atoms with van der Waals surface area (Å²) < 4.78 is 38.9. The maximum absolute atomic E-state index is 13.2. The highest BCUT2D eigenvalue weighted by Gasteiger charge is 2.55. The Balaban J connectivity index is 1.42. The number of likely N-dealkylation sites (N-methyl/N-ethyl adjacent to an activating group) is 1. The number of aliphatic carboxylic acids is 1. The Morgan fingerprint density at radius 1 is 1.13 bits per heavy atom. The van der Waals surface area contributed by atoms with Crippen LogP contribution in [0.1, 0.15) is 24.8 Å². The number of halogens is 3. The Labute approximate surface area is 173 Å². The second-order valence-corrected chi connectivity index (χ2v) is 8.87. The number of piperazine rings is 1. The van der Waals surface area contributed by atoms with Crippen molar-refractivity contribution in [2.45, 2.75) is 31.5 Å². The normalized spacial score (nSPS) is 26.7. The molecule has 2 atom stereocenters. The lowest BCUT2D eigenvalue weighted by Crippen LogP contribution is -2.60. The molecule has 2 unspecified atom stereocenters. The first-order valence-electron chi connectivity index (χ1n) is 10.2. The van der Waals surface area contributed by atoms with E-state index in [1.54, 1.807) is 11.0 Å². The van der Waals surface area contributed by atoms with E-state index in [1.165, 1.54) is 6.07 Å². The van der Waals surface area contributed by atoms with Gasteiger partial charge in [0.2, 0.25) is 5.91 Å². The van der Waals surface area contributed by atoms with Crippen molar-refractivity contribution in [3.63, 3.8) is 0 Å². The smallest absolute Gasteiger partial charge is 0.416 e. The van der Waals surface area contributed by atoms with Gasteiger partial charge in [-0.3, -0.25) is 14.5 Å². The summed E-state index contributed by atoms with van der Waals surface area (Å²) in [4.78, 5) is 30.4. The largest absolute Gasteiger partial charge is 0.481 e. The summed E-state index contributed by atoms with van der Waals surface area (Å²) in [5.41, 5.74) is -0.164. The molecule has 3 aliphatic rings. The molecular formula is C21H26F3N3O3. The average Bonchev–Trinajstić information content (AvgIpc) is 3.45. The molecule has 1 N–H and O–H groups in total. The number of carbonyl (C=O) groups excluding carboxylic acids is 1. The van der Waals surface area contributed by atoms with Crippen LogP contribution in [-0.4, -0.2) is 72.6 Å². The molecular weight excluding hydrogens is 399 g/mol. The van der Waals surface area contributed by atoms with Gasteiger partial charge in [-0.05, 0) is 49.9 Å². The van der Waals surface area contributed by atoms with Crippen molar-refractivity contribution < 1.29 is 27.9 Å². The van der Waals surface area contributed by atoms with Gasteiger partial charge in [-0.15, -0.1) is 0 Å². The fourth-order valence-electron chi connectivity index (χ4n) is 4.95. The zero-order valence-electron chi connectivity index (χ0n) is 16.9. The molecule has 30 heavy (non-hydrogen) atoms. The van der Waals surface area contributed by atoms with Crippen LogP contribution in [0.5, 0.6) is 0 Å². The number of nitrogens with zero attached hydrogens (tertiary/aromatic N) is 3. The van der Waals surface area contributed by atoms with Gasteiger partial charge in [-0.1, -0.05) is 6.07 Å². The van der Waals surface area contributed by atoms with Crippen molar-refractivity contribution in [1.82, 2.24) is 9.80 Å². The molecule has 1 aromatic rings. The fraction of sp³-hybridized carbons (Fsp3) is 0.619. The first-order valence-corrected chi connectivity index (χ1v) is 10.2. The number of hydrogen-bond acceptors (Lipinski definition) is 4. The molecule has 1 saturated carbocycles. The predicted octanol–water partition coefficient (Wildman–Crippen LogP) is 2.54. The maximum Gasteiger partial charge on any atom is 0.416 e. The molecule has 6 nitrogen and oxygen atoms in total. The molecule has 0 bridgehead atoms. The van der Waals surface area contributed by atoms with Crippen molar-refractivity contribution >= 4 is 17.6 Å². The third-order valence-electron chi connectivity index (χ3n) is 6.75. The molecule has 0 aromatic heterocycles. The molecule has 1 amide bonds. The summed E-state index contributed by atoms with van der Waals surface area (Å²) in [5, 5.41) is 9.72. The van der Waals surface area contributed by atoms with Crippen LogP contribution < -0.4 is 4.90 Å². The highest BCUT2D eigenvalue weighted by Crippen LogP contribution is 2.54. The molecule has 2 saturated heterocycles. The van der Waals surface area contributed by atoms with Crippen LogP contribution in [0.2, 0.25) is 0 Å². The quantitative estimate of drug-likeness (QED) is 0.807. The highest BCUT2D eigenvalue weighted by molar-refractivity contribution is 5.88. The predicted molar refractivity (Wildman–Crippen MR) is 104 cm³/mol. The van der Waals surface area contributed by atoms with E-state index in [-0.39, 0.29) is 11.3 Å². The third kappa shape index (κ3) is 3.99. The van der Waals surface area contributed by atoms with Crippen molar-refractivity contribution in [3.05, 3.63) is 29.8 Å². The molecule has 1 aliphatic carbocycles. The Morgan fingerprint density at radius 3 is 2.37 bits per heavy atom. The van der Waals surface area contributed by atoms with Crippen molar-refractivity contribution in [3.8, 4) is 0 Å². The number of rotatable bonds is 3. The van der Waals surface area contributed by atoms with E-state index in [0.717, 1.165) is 31.5 Å². The lowest BCUT2D eigenvalue weighted by molar-refractivity contribution is -0.156. The summed E-state index contributed by atoms with van der Waals surface area (Å²) in [6.07, 6.45) is -1.84. The van der Waals surface area contributed by atoms with E-state index >= 15 is 0 Å². The van der Waals surface area contributed by atoms with E-state index in [0.29, 0.717) is 38.3 Å². The standard InChI is InChI=1S/C21H26F3N3O3/c1-25-13-20(5-6-20)12-16(19(29)30)17(25)18(28)27-9-7-26(8-10-27)15-4-2-3-14(11-15)21(22,23)24/h2-4,11,16-17H,5-10,12-13H2,1H3,(H,29,30). The zero-order valence-corrected chi connectivity index (χ0v) is 16.9. The van der Waals surface area contributed by atoms with Crippen LogP contribution in [-0.2, 0) is 15.8 Å². The third-order valence-corrected chi connectivity index (χ3v) is 6.75. The van der Waals surface area contributed by atoms with Gasteiger partial charge in [0.25, 0.3) is 0 Å². The molecule has 4 rings (SSSR count). The average molecular weight is 425 g/mol. The minimum atomic E-state index is -4.40. The lowest BCUT2D eigenvalue weighted by Gasteiger charge is -2.44. The van der Waals surface area contributed by atoms with E-state index in [1.807, 2.05) is 16.8 Å². The summed E-state index contributed by atoms with van der Waals surface area (Å²) >= 11 is 0. The van der Waals surface area contributed by atoms with Gasteiger partial charge in [0.05, 0.1) is 11.5 Å². The number of amides is 1. The Morgan fingerprint density at radius 2 is 1.80 bits per heavy atom. The number of piperidine rings is 1. The van der Waals surface area contributed by atoms with Gasteiger partial charge in [0, 0.05) is 38.4 Å². The highest BCUT2D eigenvalue weighted by atomic mass is 19.4. The number of hydrogen-bond donors (Lipinski definition) is 1. The molecule has 0 radical (unpaired) electrons.